The average molecular weight is 247 g/mol. The van der Waals surface area contributed by atoms with Gasteiger partial charge in [-0.15, -0.1) is 0 Å². The summed E-state index contributed by atoms with van der Waals surface area (Å²) in [5.41, 5.74) is 0. The number of rotatable bonds is 4. The van der Waals surface area contributed by atoms with Crippen molar-refractivity contribution >= 4 is 21.6 Å². The van der Waals surface area contributed by atoms with Crippen molar-refractivity contribution in [3.05, 3.63) is 0 Å². The minimum atomic E-state index is -1.09. The van der Waals surface area contributed by atoms with Gasteiger partial charge in [-0.1, -0.05) is 0 Å². The Labute approximate surface area is 70.9 Å². The second kappa shape index (κ2) is 4.71. The molecule has 0 aromatic rings. The Hall–Kier alpha value is -0.0606. The summed E-state index contributed by atoms with van der Waals surface area (Å²) in [5, 5.41) is 15.7. The number of carbonyl (C=O) groups is 2. The quantitative estimate of drug-likeness (QED) is 0.737. The Bertz CT molecular complexity index is 148. The summed E-state index contributed by atoms with van der Waals surface area (Å²) in [6.07, 6.45) is -0.330. The van der Waals surface area contributed by atoms with Gasteiger partial charge in [-0.25, -0.2) is 0 Å². The summed E-state index contributed by atoms with van der Waals surface area (Å²) in [4.78, 5) is 20.2. The molecule has 0 aromatic heterocycles. The van der Waals surface area contributed by atoms with Gasteiger partial charge >= 0.3 is 70.7 Å². The molecule has 0 radical (unpaired) electrons. The van der Waals surface area contributed by atoms with Crippen molar-refractivity contribution in [2.45, 2.75) is 11.7 Å². The normalized spacial score (nSPS) is 12.5. The van der Waals surface area contributed by atoms with Gasteiger partial charge in [0.05, 0.1) is 0 Å². The first kappa shape index (κ1) is 9.94. The van der Waals surface area contributed by atoms with Crippen molar-refractivity contribution in [2.24, 2.45) is 0 Å². The molecule has 10 heavy (non-hydrogen) atoms. The van der Waals surface area contributed by atoms with E-state index in [0.29, 0.717) is 0 Å². The Balaban J connectivity index is 3.83. The SMILES string of the molecule is O=C(O)CC([S][Tc])C(=O)O. The third-order valence-electron chi connectivity index (χ3n) is 0.743. The zero-order chi connectivity index (χ0) is 8.15. The third kappa shape index (κ3) is 3.87. The van der Waals surface area contributed by atoms with E-state index in [1.165, 1.54) is 0 Å². The predicted octanol–water partition coefficient (Wildman–Crippen LogP) is 0.109. The molecule has 0 rings (SSSR count). The summed E-state index contributed by atoms with van der Waals surface area (Å²) in [6, 6.07) is 0. The predicted molar refractivity (Wildman–Crippen MR) is 31.3 cm³/mol. The van der Waals surface area contributed by atoms with Crippen LogP contribution in [-0.2, 0) is 27.2 Å². The summed E-state index contributed by atoms with van der Waals surface area (Å²) in [5.74, 6) is -2.17. The number of carboxylic acids is 2. The van der Waals surface area contributed by atoms with Crippen molar-refractivity contribution in [3.8, 4) is 0 Å². The molecule has 0 saturated carbocycles. The molecule has 0 bridgehead atoms. The molecular formula is C4H5O4STc. The average Bonchev–Trinajstić information content (AvgIpc) is 1.81. The van der Waals surface area contributed by atoms with Crippen LogP contribution in [0.15, 0.2) is 0 Å². The maximum absolute atomic E-state index is 10.2. The van der Waals surface area contributed by atoms with E-state index in [4.69, 9.17) is 10.2 Å². The van der Waals surface area contributed by atoms with Gasteiger partial charge in [0.25, 0.3) is 0 Å². The van der Waals surface area contributed by atoms with E-state index < -0.39 is 17.2 Å². The van der Waals surface area contributed by atoms with Crippen LogP contribution in [0, 0.1) is 0 Å². The van der Waals surface area contributed by atoms with Crippen LogP contribution in [0.25, 0.3) is 0 Å². The zero-order valence-corrected chi connectivity index (χ0v) is 7.46. The van der Waals surface area contributed by atoms with Gasteiger partial charge in [0.1, 0.15) is 0 Å². The van der Waals surface area contributed by atoms with E-state index in [1.54, 1.807) is 17.7 Å². The van der Waals surface area contributed by atoms with Crippen LogP contribution in [-0.4, -0.2) is 27.4 Å². The molecule has 0 heterocycles. The summed E-state index contributed by atoms with van der Waals surface area (Å²) in [7, 11) is 0.996. The number of hydrogen-bond acceptors (Lipinski definition) is 3. The Morgan fingerprint density at radius 3 is 2.10 bits per heavy atom. The van der Waals surface area contributed by atoms with E-state index in [-0.39, 0.29) is 6.42 Å². The molecule has 1 atom stereocenters. The first-order chi connectivity index (χ1) is 4.57. The number of carboxylic acid groups (broad SMARTS) is 2. The molecular weight excluding hydrogens is 242 g/mol. The molecule has 6 heteroatoms. The Morgan fingerprint density at radius 2 is 2.00 bits per heavy atom. The minimum absolute atomic E-state index is 0.330. The van der Waals surface area contributed by atoms with E-state index in [1.807, 2.05) is 0 Å². The van der Waals surface area contributed by atoms with Gasteiger partial charge in [0.2, 0.25) is 0 Å². The van der Waals surface area contributed by atoms with Gasteiger partial charge in [0, 0.05) is 0 Å². The molecule has 0 aliphatic heterocycles. The molecule has 58 valence electrons. The summed E-state index contributed by atoms with van der Waals surface area (Å²) in [6.45, 7) is 0. The first-order valence-electron chi connectivity index (χ1n) is 2.30. The fourth-order valence-electron chi connectivity index (χ4n) is 0.316. The van der Waals surface area contributed by atoms with Gasteiger partial charge in [0.15, 0.2) is 0 Å². The number of hydrogen-bond donors (Lipinski definition) is 2. The van der Waals surface area contributed by atoms with Gasteiger partial charge in [-0.2, -0.15) is 0 Å². The van der Waals surface area contributed by atoms with Crippen molar-refractivity contribution < 1.29 is 37.5 Å². The van der Waals surface area contributed by atoms with E-state index in [0.717, 1.165) is 9.64 Å². The van der Waals surface area contributed by atoms with Crippen molar-refractivity contribution in [2.75, 3.05) is 0 Å². The van der Waals surface area contributed by atoms with Crippen LogP contribution in [0.3, 0.4) is 0 Å². The topological polar surface area (TPSA) is 74.6 Å². The Morgan fingerprint density at radius 1 is 1.50 bits per heavy atom. The first-order valence-corrected chi connectivity index (χ1v) is 5.35. The van der Waals surface area contributed by atoms with Crippen LogP contribution >= 0.6 is 9.64 Å². The maximum atomic E-state index is 10.2. The zero-order valence-electron chi connectivity index (χ0n) is 4.78. The third-order valence-corrected chi connectivity index (χ3v) is 2.91. The summed E-state index contributed by atoms with van der Waals surface area (Å²) < 4.78 is 0. The van der Waals surface area contributed by atoms with Gasteiger partial charge < -0.3 is 0 Å². The molecule has 0 fully saturated rings. The molecule has 0 aliphatic rings. The molecule has 0 aliphatic carbocycles. The van der Waals surface area contributed by atoms with Gasteiger partial charge in [-0.05, 0) is 0 Å². The van der Waals surface area contributed by atoms with Gasteiger partial charge in [-0.3, -0.25) is 0 Å². The molecule has 1 unspecified atom stereocenters. The number of aliphatic carboxylic acids is 2. The molecule has 2 N–H and O–H groups in total. The van der Waals surface area contributed by atoms with E-state index >= 15 is 0 Å². The molecule has 0 amide bonds. The van der Waals surface area contributed by atoms with Crippen LogP contribution in [0.2, 0.25) is 0 Å². The van der Waals surface area contributed by atoms with Crippen molar-refractivity contribution in [3.63, 3.8) is 0 Å². The Kier molecular flexibility index (Phi) is 4.68. The van der Waals surface area contributed by atoms with Crippen LogP contribution in [0.4, 0.5) is 0 Å². The van der Waals surface area contributed by atoms with Crippen molar-refractivity contribution in [1.29, 1.82) is 0 Å². The van der Waals surface area contributed by atoms with Crippen LogP contribution < -0.4 is 0 Å². The fourth-order valence-corrected chi connectivity index (χ4v) is 1.62. The second-order valence-corrected chi connectivity index (χ2v) is 3.57. The summed E-state index contributed by atoms with van der Waals surface area (Å²) >= 11 is 1.77. The monoisotopic (exact) mass is 246 g/mol. The second-order valence-electron chi connectivity index (χ2n) is 1.51. The van der Waals surface area contributed by atoms with Crippen molar-refractivity contribution in [1.82, 2.24) is 0 Å². The molecule has 4 nitrogen and oxygen atoms in total. The molecule has 0 saturated heterocycles. The molecule has 0 aromatic carbocycles. The van der Waals surface area contributed by atoms with Crippen LogP contribution in [0.1, 0.15) is 6.42 Å². The standard InChI is InChI=1S/C4H6O4S.Tc/c5-3(6)1-2(9)4(7)8;/h2,9H,1H2,(H,5,6)(H,7,8);/q;+1/p-1. The van der Waals surface area contributed by atoms with E-state index in [9.17, 15) is 9.59 Å². The molecule has 0 spiro atoms. The van der Waals surface area contributed by atoms with E-state index in [2.05, 4.69) is 0 Å². The van der Waals surface area contributed by atoms with Crippen LogP contribution in [0.5, 0.6) is 0 Å². The fraction of sp³-hybridized carbons (Fsp3) is 0.500.